The lowest BCUT2D eigenvalue weighted by atomic mass is 10.2. The maximum Gasteiger partial charge on any atom is 0.307 e. The van der Waals surface area contributed by atoms with Gasteiger partial charge in [0.25, 0.3) is 0 Å². The van der Waals surface area contributed by atoms with Crippen LogP contribution in [0.1, 0.15) is 15.3 Å². The van der Waals surface area contributed by atoms with Crippen molar-refractivity contribution in [3.8, 4) is 0 Å². The van der Waals surface area contributed by atoms with E-state index in [2.05, 4.69) is 5.32 Å². The summed E-state index contributed by atoms with van der Waals surface area (Å²) >= 11 is 3.65. The number of carbonyl (C=O) groups is 1. The molecule has 0 saturated carbocycles. The predicted molar refractivity (Wildman–Crippen MR) is 75.6 cm³/mol. The molecule has 0 bridgehead atoms. The zero-order chi connectivity index (χ0) is 12.7. The second-order valence-electron chi connectivity index (χ2n) is 3.79. The Bertz CT molecular complexity index is 348. The second-order valence-corrected chi connectivity index (χ2v) is 6.48. The largest absolute Gasteiger partial charge is 0.661 e. The van der Waals surface area contributed by atoms with Gasteiger partial charge < -0.3 is 10.4 Å². The van der Waals surface area contributed by atoms with Gasteiger partial charge in [-0.1, -0.05) is 0 Å². The Morgan fingerprint density at radius 1 is 1.41 bits per heavy atom. The van der Waals surface area contributed by atoms with Crippen molar-refractivity contribution in [3.63, 3.8) is 0 Å². The van der Waals surface area contributed by atoms with Gasteiger partial charge in [-0.3, -0.25) is 4.79 Å². The molecule has 0 radical (unpaired) electrons. The van der Waals surface area contributed by atoms with Crippen LogP contribution >= 0.6 is 23.1 Å². The quantitative estimate of drug-likeness (QED) is 0.900. The molecule has 0 spiro atoms. The number of carboxylic acids is 1. The van der Waals surface area contributed by atoms with Crippen molar-refractivity contribution in [2.45, 2.75) is 20.3 Å². The highest BCUT2D eigenvalue weighted by atomic mass is 32.2. The lowest BCUT2D eigenvalue weighted by Gasteiger charge is -2.23. The van der Waals surface area contributed by atoms with Crippen molar-refractivity contribution >= 4 is 29.1 Å². The molecule has 0 aliphatic carbocycles. The van der Waals surface area contributed by atoms with Gasteiger partial charge in [0.1, 0.15) is 0 Å². The fourth-order valence-electron chi connectivity index (χ4n) is 1.49. The van der Waals surface area contributed by atoms with Crippen molar-refractivity contribution in [3.05, 3.63) is 26.7 Å². The highest BCUT2D eigenvalue weighted by molar-refractivity contribution is 7.99. The van der Waals surface area contributed by atoms with Crippen LogP contribution in [0.15, 0.2) is 6.07 Å². The first kappa shape index (κ1) is 14.5. The first-order valence-electron chi connectivity index (χ1n) is 5.58. The fraction of sp³-hybridized carbons (Fsp3) is 0.583. The Hall–Kier alpha value is -0.520. The molecule has 0 aromatic carbocycles. The van der Waals surface area contributed by atoms with Crippen LogP contribution in [0, 0.1) is 13.8 Å². The van der Waals surface area contributed by atoms with Crippen molar-refractivity contribution in [1.29, 1.82) is 0 Å². The molecule has 1 aromatic rings. The maximum atomic E-state index is 10.3. The van der Waals surface area contributed by atoms with E-state index in [0.29, 0.717) is 0 Å². The van der Waals surface area contributed by atoms with Crippen molar-refractivity contribution in [2.75, 3.05) is 24.6 Å². The Morgan fingerprint density at radius 2 is 2.06 bits per heavy atom. The summed E-state index contributed by atoms with van der Waals surface area (Å²) in [6.07, 6.45) is 0.149. The third-order valence-corrected chi connectivity index (χ3v) is 4.22. The van der Waals surface area contributed by atoms with Crippen molar-refractivity contribution in [1.82, 2.24) is 0 Å². The Labute approximate surface area is 111 Å². The normalized spacial score (nSPS) is 14.9. The Morgan fingerprint density at radius 3 is 2.35 bits per heavy atom. The number of thiophene rings is 1. The van der Waals surface area contributed by atoms with E-state index < -0.39 is 5.97 Å². The van der Waals surface area contributed by atoms with Gasteiger partial charge in [-0.15, -0.1) is 24.4 Å². The van der Waals surface area contributed by atoms with Crippen LogP contribution in [-0.4, -0.2) is 35.7 Å². The highest BCUT2D eigenvalue weighted by Gasteiger charge is 2.05. The number of aryl methyl sites for hydroxylation is 2. The van der Waals surface area contributed by atoms with Gasteiger partial charge in [0.05, 0.1) is 6.42 Å². The molecule has 1 aliphatic heterocycles. The standard InChI is InChI=1S/C8H10O2S.C4H8NS/c1-5-3-7(4-8(9)10)6(2)11-5;1-3-6-4-2-5-1/h3H,4H2,1-2H3,(H,9,10);1-4H2/q;-1. The minimum atomic E-state index is -0.758. The molecule has 0 unspecified atom stereocenters. The molecular formula is C12H18NO2S2-. The van der Waals surface area contributed by atoms with Crippen LogP contribution in [0.25, 0.3) is 5.32 Å². The molecule has 2 rings (SSSR count). The Kier molecular flexibility index (Phi) is 6.62. The number of carboxylic acid groups (broad SMARTS) is 1. The summed E-state index contributed by atoms with van der Waals surface area (Å²) in [6, 6.07) is 1.94. The molecule has 1 fully saturated rings. The third-order valence-electron chi connectivity index (χ3n) is 2.27. The smallest absolute Gasteiger partial charge is 0.307 e. The van der Waals surface area contributed by atoms with Gasteiger partial charge in [-0.2, -0.15) is 11.8 Å². The minimum Gasteiger partial charge on any atom is -0.661 e. The Balaban J connectivity index is 0.000000202. The van der Waals surface area contributed by atoms with Gasteiger partial charge in [-0.05, 0) is 37.0 Å². The molecule has 96 valence electrons. The number of nitrogens with zero attached hydrogens (tertiary/aromatic N) is 1. The lowest BCUT2D eigenvalue weighted by Crippen LogP contribution is -2.01. The molecule has 5 heteroatoms. The zero-order valence-electron chi connectivity index (χ0n) is 10.2. The predicted octanol–water partition coefficient (Wildman–Crippen LogP) is 3.10. The summed E-state index contributed by atoms with van der Waals surface area (Å²) < 4.78 is 0. The van der Waals surface area contributed by atoms with E-state index in [0.717, 1.165) is 23.5 Å². The summed E-state index contributed by atoms with van der Waals surface area (Å²) in [5, 5.41) is 12.7. The molecular weight excluding hydrogens is 254 g/mol. The molecule has 1 saturated heterocycles. The molecule has 1 aromatic heterocycles. The summed E-state index contributed by atoms with van der Waals surface area (Å²) in [4.78, 5) is 12.6. The summed E-state index contributed by atoms with van der Waals surface area (Å²) in [7, 11) is 0. The zero-order valence-corrected chi connectivity index (χ0v) is 11.9. The van der Waals surface area contributed by atoms with Crippen LogP contribution in [0.4, 0.5) is 0 Å². The van der Waals surface area contributed by atoms with Gasteiger partial charge in [0.2, 0.25) is 0 Å². The SMILES string of the molecule is C1CSCC[N-]1.Cc1cc(CC(=O)O)c(C)s1. The number of rotatable bonds is 2. The van der Waals surface area contributed by atoms with Crippen molar-refractivity contribution in [2.24, 2.45) is 0 Å². The molecule has 1 aliphatic rings. The monoisotopic (exact) mass is 272 g/mol. The van der Waals surface area contributed by atoms with E-state index in [1.54, 1.807) is 11.3 Å². The average molecular weight is 272 g/mol. The lowest BCUT2D eigenvalue weighted by molar-refractivity contribution is -0.136. The molecule has 0 amide bonds. The average Bonchev–Trinajstić information content (AvgIpc) is 2.60. The summed E-state index contributed by atoms with van der Waals surface area (Å²) in [5.74, 6) is 1.74. The van der Waals surface area contributed by atoms with Crippen LogP contribution in [0.5, 0.6) is 0 Å². The van der Waals surface area contributed by atoms with E-state index in [1.165, 1.54) is 16.4 Å². The first-order valence-corrected chi connectivity index (χ1v) is 7.55. The molecule has 3 nitrogen and oxygen atoms in total. The fourth-order valence-corrected chi connectivity index (χ4v) is 3.16. The van der Waals surface area contributed by atoms with Gasteiger partial charge in [-0.25, -0.2) is 0 Å². The van der Waals surface area contributed by atoms with Gasteiger partial charge in [0, 0.05) is 9.75 Å². The highest BCUT2D eigenvalue weighted by Crippen LogP contribution is 2.20. The first-order chi connectivity index (χ1) is 8.09. The maximum absolute atomic E-state index is 10.3. The topological polar surface area (TPSA) is 51.4 Å². The number of hydrogen-bond donors (Lipinski definition) is 1. The minimum absolute atomic E-state index is 0.149. The van der Waals surface area contributed by atoms with Crippen LogP contribution in [0.2, 0.25) is 0 Å². The second kappa shape index (κ2) is 7.74. The number of thioether (sulfide) groups is 1. The summed E-state index contributed by atoms with van der Waals surface area (Å²) in [5.41, 5.74) is 0.944. The van der Waals surface area contributed by atoms with E-state index in [4.69, 9.17) is 5.11 Å². The van der Waals surface area contributed by atoms with Gasteiger partial charge >= 0.3 is 5.97 Å². The summed E-state index contributed by atoms with van der Waals surface area (Å²) in [6.45, 7) is 6.12. The molecule has 1 N–H and O–H groups in total. The van der Waals surface area contributed by atoms with E-state index >= 15 is 0 Å². The van der Waals surface area contributed by atoms with E-state index in [-0.39, 0.29) is 6.42 Å². The van der Waals surface area contributed by atoms with E-state index in [9.17, 15) is 4.79 Å². The van der Waals surface area contributed by atoms with Gasteiger partial charge in [0.15, 0.2) is 0 Å². The van der Waals surface area contributed by atoms with E-state index in [1.807, 2.05) is 31.7 Å². The van der Waals surface area contributed by atoms with Crippen LogP contribution < -0.4 is 0 Å². The van der Waals surface area contributed by atoms with Crippen molar-refractivity contribution < 1.29 is 9.90 Å². The number of hydrogen-bond acceptors (Lipinski definition) is 3. The molecule has 0 atom stereocenters. The molecule has 17 heavy (non-hydrogen) atoms. The number of aliphatic carboxylic acids is 1. The van der Waals surface area contributed by atoms with Crippen LogP contribution in [-0.2, 0) is 11.2 Å². The third kappa shape index (κ3) is 6.10. The molecule has 2 heterocycles. The van der Waals surface area contributed by atoms with Crippen LogP contribution in [0.3, 0.4) is 0 Å².